The first-order valence-electron chi connectivity index (χ1n) is 10.5. The molecule has 0 saturated carbocycles. The van der Waals surface area contributed by atoms with Crippen LogP contribution in [0, 0.1) is 0 Å². The van der Waals surface area contributed by atoms with Crippen molar-refractivity contribution in [3.05, 3.63) is 83.3 Å². The van der Waals surface area contributed by atoms with Crippen LogP contribution in [0.5, 0.6) is 0 Å². The van der Waals surface area contributed by atoms with E-state index in [2.05, 4.69) is 5.32 Å². The highest BCUT2D eigenvalue weighted by molar-refractivity contribution is 5.86. The van der Waals surface area contributed by atoms with E-state index in [-0.39, 0.29) is 24.2 Å². The molecule has 0 aliphatic rings. The predicted octanol–water partition coefficient (Wildman–Crippen LogP) is 6.14. The summed E-state index contributed by atoms with van der Waals surface area (Å²) in [7, 11) is 0. The molecule has 0 radical (unpaired) electrons. The highest BCUT2D eigenvalue weighted by Crippen LogP contribution is 2.29. The molecule has 0 heterocycles. The van der Waals surface area contributed by atoms with Gasteiger partial charge in [-0.25, -0.2) is 0 Å². The van der Waals surface area contributed by atoms with Crippen LogP contribution >= 0.6 is 0 Å². The van der Waals surface area contributed by atoms with Gasteiger partial charge in [-0.1, -0.05) is 60.6 Å². The Morgan fingerprint density at radius 3 is 2.54 bits per heavy atom. The van der Waals surface area contributed by atoms with Crippen LogP contribution in [0.25, 0.3) is 10.8 Å². The molecule has 4 heteroatoms. The zero-order valence-electron chi connectivity index (χ0n) is 18.4. The van der Waals surface area contributed by atoms with Crippen molar-refractivity contribution < 1.29 is 18.7 Å². The van der Waals surface area contributed by atoms with Crippen molar-refractivity contribution in [3.8, 4) is 0 Å². The molecular formula is C22H22F3N. The summed E-state index contributed by atoms with van der Waals surface area (Å²) < 4.78 is 70.0. The molecule has 3 aromatic carbocycles. The second kappa shape index (κ2) is 7.92. The SMILES string of the molecule is [3H]c1cc(CCCN[C@H](C)c2cc([3H])cc3cc([3H])c([3H])cc23)cc(C(F)(F)F)c1. The maximum atomic E-state index is 12.9. The van der Waals surface area contributed by atoms with Gasteiger partial charge in [-0.2, -0.15) is 13.2 Å². The molecule has 0 spiro atoms. The van der Waals surface area contributed by atoms with E-state index in [1.54, 1.807) is 24.3 Å². The average molecular weight is 365 g/mol. The summed E-state index contributed by atoms with van der Waals surface area (Å²) in [5, 5.41) is 4.87. The molecule has 26 heavy (non-hydrogen) atoms. The van der Waals surface area contributed by atoms with Crippen LogP contribution in [-0.2, 0) is 12.6 Å². The topological polar surface area (TPSA) is 12.0 Å². The fraction of sp³-hybridized carbons (Fsp3) is 0.273. The summed E-state index contributed by atoms with van der Waals surface area (Å²) >= 11 is 0. The molecule has 3 aromatic rings. The van der Waals surface area contributed by atoms with E-state index in [0.717, 1.165) is 28.5 Å². The van der Waals surface area contributed by atoms with Crippen molar-refractivity contribution in [3.63, 3.8) is 0 Å². The first-order valence-corrected chi connectivity index (χ1v) is 8.47. The standard InChI is InChI=1S/C22H22F3N/c1-16(20-13-5-10-18-9-2-3-12-21(18)20)26-14-6-8-17-7-4-11-19(15-17)22(23,24)25/h2-5,7,9-13,15-16,26H,6,8,14H2,1H3/t16-/m1/s1/i2T,3T,4T,5T. The van der Waals surface area contributed by atoms with Gasteiger partial charge in [-0.15, -0.1) is 0 Å². The van der Waals surface area contributed by atoms with Crippen LogP contribution < -0.4 is 5.32 Å². The Hall–Kier alpha value is -2.33. The van der Waals surface area contributed by atoms with E-state index >= 15 is 0 Å². The Labute approximate surface area is 157 Å². The lowest BCUT2D eigenvalue weighted by molar-refractivity contribution is -0.137. The summed E-state index contributed by atoms with van der Waals surface area (Å²) in [5.41, 5.74) is 0.522. The number of fused-ring (bicyclic) bond motifs is 1. The Kier molecular flexibility index (Phi) is 4.21. The van der Waals surface area contributed by atoms with Gasteiger partial charge >= 0.3 is 6.18 Å². The molecule has 0 aliphatic carbocycles. The minimum Gasteiger partial charge on any atom is -0.310 e. The molecule has 0 fully saturated rings. The van der Waals surface area contributed by atoms with Gasteiger partial charge in [0.05, 0.1) is 11.0 Å². The lowest BCUT2D eigenvalue weighted by Crippen LogP contribution is -2.20. The zero-order chi connectivity index (χ0) is 22.1. The lowest BCUT2D eigenvalue weighted by Gasteiger charge is -2.17. The molecule has 0 bridgehead atoms. The van der Waals surface area contributed by atoms with E-state index in [1.165, 1.54) is 6.07 Å². The monoisotopic (exact) mass is 365 g/mol. The van der Waals surface area contributed by atoms with E-state index in [1.807, 2.05) is 6.92 Å². The number of benzene rings is 3. The number of aryl methyl sites for hydroxylation is 1. The minimum atomic E-state index is -4.46. The fourth-order valence-electron chi connectivity index (χ4n) is 2.97. The van der Waals surface area contributed by atoms with E-state index in [4.69, 9.17) is 5.48 Å². The van der Waals surface area contributed by atoms with Crippen molar-refractivity contribution in [1.29, 1.82) is 0 Å². The molecule has 1 nitrogen and oxygen atoms in total. The van der Waals surface area contributed by atoms with Crippen LogP contribution in [0.2, 0.25) is 0 Å². The van der Waals surface area contributed by atoms with Crippen LogP contribution in [-0.4, -0.2) is 6.54 Å². The van der Waals surface area contributed by atoms with Crippen molar-refractivity contribution in [2.24, 2.45) is 0 Å². The van der Waals surface area contributed by atoms with Crippen molar-refractivity contribution in [1.82, 2.24) is 5.32 Å². The molecular weight excluding hydrogens is 335 g/mol. The van der Waals surface area contributed by atoms with Gasteiger partial charge in [0.25, 0.3) is 0 Å². The maximum absolute atomic E-state index is 12.9. The van der Waals surface area contributed by atoms with Gasteiger partial charge in [0, 0.05) is 6.04 Å². The molecule has 136 valence electrons. The molecule has 0 unspecified atom stereocenters. The second-order valence-electron chi connectivity index (χ2n) is 6.26. The average Bonchev–Trinajstić information content (AvgIpc) is 2.64. The van der Waals surface area contributed by atoms with E-state index in [0.29, 0.717) is 31.0 Å². The first-order chi connectivity index (χ1) is 14.0. The predicted molar refractivity (Wildman–Crippen MR) is 100 cm³/mol. The summed E-state index contributed by atoms with van der Waals surface area (Å²) in [6, 6.07) is 10.2. The largest absolute Gasteiger partial charge is 0.416 e. The van der Waals surface area contributed by atoms with Crippen LogP contribution in [0.3, 0.4) is 0 Å². The number of hydrogen-bond acceptors (Lipinski definition) is 1. The second-order valence-corrected chi connectivity index (χ2v) is 6.26. The highest BCUT2D eigenvalue weighted by Gasteiger charge is 2.30. The normalized spacial score (nSPS) is 15.2. The molecule has 1 N–H and O–H groups in total. The maximum Gasteiger partial charge on any atom is 0.416 e. The van der Waals surface area contributed by atoms with Gasteiger partial charge in [-0.05, 0) is 54.3 Å². The van der Waals surface area contributed by atoms with Crippen LogP contribution in [0.4, 0.5) is 13.2 Å². The van der Waals surface area contributed by atoms with Gasteiger partial charge in [0.15, 0.2) is 0 Å². The molecule has 3 rings (SSSR count). The Balaban J connectivity index is 1.68. The zero-order valence-corrected chi connectivity index (χ0v) is 14.4. The van der Waals surface area contributed by atoms with Gasteiger partial charge in [0.2, 0.25) is 0 Å². The number of rotatable bonds is 6. The summed E-state index contributed by atoms with van der Waals surface area (Å²) in [4.78, 5) is 0. The summed E-state index contributed by atoms with van der Waals surface area (Å²) in [6.45, 7) is 2.47. The van der Waals surface area contributed by atoms with Crippen LogP contribution in [0.1, 0.15) is 41.6 Å². The van der Waals surface area contributed by atoms with Gasteiger partial charge in [0.1, 0.15) is 0 Å². The number of hydrogen-bond donors (Lipinski definition) is 1. The Bertz CT molecular complexity index is 1070. The molecule has 1 atom stereocenters. The van der Waals surface area contributed by atoms with E-state index in [9.17, 15) is 13.2 Å². The third kappa shape index (κ3) is 4.44. The smallest absolute Gasteiger partial charge is 0.310 e. The minimum absolute atomic E-state index is 0.106. The number of nitrogens with one attached hydrogen (secondary N) is 1. The third-order valence-electron chi connectivity index (χ3n) is 4.36. The lowest BCUT2D eigenvalue weighted by atomic mass is 9.99. The van der Waals surface area contributed by atoms with Crippen molar-refractivity contribution >= 4 is 10.8 Å². The first kappa shape index (κ1) is 13.8. The quantitative estimate of drug-likeness (QED) is 0.517. The molecule has 0 amide bonds. The van der Waals surface area contributed by atoms with Crippen molar-refractivity contribution in [2.45, 2.75) is 32.0 Å². The van der Waals surface area contributed by atoms with E-state index < -0.39 is 11.7 Å². The third-order valence-corrected chi connectivity index (χ3v) is 4.36. The van der Waals surface area contributed by atoms with Crippen LogP contribution in [0.15, 0.2) is 66.6 Å². The fourth-order valence-corrected chi connectivity index (χ4v) is 2.97. The molecule has 0 aromatic heterocycles. The Morgan fingerprint density at radius 2 is 1.73 bits per heavy atom. The number of alkyl halides is 3. The Morgan fingerprint density at radius 1 is 1.00 bits per heavy atom. The van der Waals surface area contributed by atoms with Crippen molar-refractivity contribution in [2.75, 3.05) is 6.54 Å². The van der Waals surface area contributed by atoms with Gasteiger partial charge in [-0.3, -0.25) is 0 Å². The number of halogens is 3. The molecule has 0 aliphatic heterocycles. The summed E-state index contributed by atoms with van der Waals surface area (Å²) in [6.07, 6.45) is -3.46. The highest BCUT2D eigenvalue weighted by atomic mass is 19.4. The van der Waals surface area contributed by atoms with Gasteiger partial charge < -0.3 is 5.32 Å². The summed E-state index contributed by atoms with van der Waals surface area (Å²) in [5.74, 6) is 0. The molecule has 0 saturated heterocycles.